The Hall–Kier alpha value is -2.98. The molecule has 1 heterocycles. The summed E-state index contributed by atoms with van der Waals surface area (Å²) in [5.74, 6) is -0.690. The molecule has 1 aliphatic heterocycles. The highest BCUT2D eigenvalue weighted by Crippen LogP contribution is 2.40. The Morgan fingerprint density at radius 2 is 1.71 bits per heavy atom. The van der Waals surface area contributed by atoms with Crippen LogP contribution >= 0.6 is 0 Å². The van der Waals surface area contributed by atoms with Crippen molar-refractivity contribution in [3.05, 3.63) is 95.3 Å². The van der Waals surface area contributed by atoms with Crippen LogP contribution in [-0.2, 0) is 12.0 Å². The molecule has 0 bridgehead atoms. The summed E-state index contributed by atoms with van der Waals surface area (Å²) in [5.41, 5.74) is 4.79. The van der Waals surface area contributed by atoms with Gasteiger partial charge in [0.05, 0.1) is 5.56 Å². The zero-order valence-corrected chi connectivity index (χ0v) is 18.0. The largest absolute Gasteiger partial charge is 0.478 e. The molecule has 0 radical (unpaired) electrons. The highest BCUT2D eigenvalue weighted by Gasteiger charge is 2.38. The Kier molecular flexibility index (Phi) is 5.92. The monoisotopic (exact) mass is 417 g/mol. The number of likely N-dealkylation sites (tertiary alicyclic amines) is 1. The van der Waals surface area contributed by atoms with Gasteiger partial charge in [-0.15, -0.1) is 0 Å². The van der Waals surface area contributed by atoms with E-state index in [4.69, 9.17) is 0 Å². The van der Waals surface area contributed by atoms with Crippen LogP contribution in [0.1, 0.15) is 41.8 Å². The summed E-state index contributed by atoms with van der Waals surface area (Å²) in [6.07, 6.45) is 0.991. The lowest BCUT2D eigenvalue weighted by Crippen LogP contribution is -2.47. The first-order valence-corrected chi connectivity index (χ1v) is 10.8. The first-order valence-electron chi connectivity index (χ1n) is 10.8. The van der Waals surface area contributed by atoms with Crippen molar-refractivity contribution in [1.29, 1.82) is 0 Å². The lowest BCUT2D eigenvalue weighted by molar-refractivity contribution is 0.0696. The first-order chi connectivity index (χ1) is 14.8. The number of carbonyl (C=O) groups is 1. The molecule has 3 aromatic rings. The van der Waals surface area contributed by atoms with E-state index in [1.54, 1.807) is 18.2 Å². The lowest BCUT2D eigenvalue weighted by Gasteiger charge is -2.45. The van der Waals surface area contributed by atoms with Gasteiger partial charge in [-0.25, -0.2) is 9.18 Å². The van der Waals surface area contributed by atoms with Crippen LogP contribution in [0.3, 0.4) is 0 Å². The third kappa shape index (κ3) is 4.54. The highest BCUT2D eigenvalue weighted by atomic mass is 19.1. The maximum absolute atomic E-state index is 13.1. The van der Waals surface area contributed by atoms with E-state index in [-0.39, 0.29) is 11.2 Å². The second kappa shape index (κ2) is 8.64. The van der Waals surface area contributed by atoms with Gasteiger partial charge in [0.2, 0.25) is 0 Å². The minimum atomic E-state index is -0.875. The van der Waals surface area contributed by atoms with E-state index in [1.807, 2.05) is 12.1 Å². The Labute approximate surface area is 183 Å². The van der Waals surface area contributed by atoms with Crippen molar-refractivity contribution in [2.24, 2.45) is 5.92 Å². The Morgan fingerprint density at radius 1 is 1.06 bits per heavy atom. The van der Waals surface area contributed by atoms with Gasteiger partial charge in [0, 0.05) is 13.1 Å². The maximum Gasteiger partial charge on any atom is 0.335 e. The molecule has 0 amide bonds. The van der Waals surface area contributed by atoms with Crippen LogP contribution in [-0.4, -0.2) is 29.1 Å². The summed E-state index contributed by atoms with van der Waals surface area (Å²) in [7, 11) is 0. The number of carboxylic acid groups (broad SMARTS) is 1. The number of rotatable bonds is 5. The van der Waals surface area contributed by atoms with Gasteiger partial charge in [-0.3, -0.25) is 4.90 Å². The van der Waals surface area contributed by atoms with Gasteiger partial charge in [-0.2, -0.15) is 0 Å². The highest BCUT2D eigenvalue weighted by molar-refractivity contribution is 5.87. The lowest BCUT2D eigenvalue weighted by atomic mass is 9.68. The minimum absolute atomic E-state index is 0.0333. The summed E-state index contributed by atoms with van der Waals surface area (Å²) >= 11 is 0. The SMILES string of the molecule is CC1CN(Cc2ccc(-c3ccc(F)cc3)cc2)CCC1(C)c1cccc(C(=O)O)c1. The van der Waals surface area contributed by atoms with E-state index in [2.05, 4.69) is 49.1 Å². The van der Waals surface area contributed by atoms with Crippen LogP contribution in [0.2, 0.25) is 0 Å². The topological polar surface area (TPSA) is 40.5 Å². The normalized spacial score (nSPS) is 21.7. The Bertz CT molecular complexity index is 1060. The molecule has 1 aliphatic rings. The van der Waals surface area contributed by atoms with Crippen molar-refractivity contribution in [1.82, 2.24) is 4.90 Å². The van der Waals surface area contributed by atoms with Crippen LogP contribution in [0.15, 0.2) is 72.8 Å². The minimum Gasteiger partial charge on any atom is -0.478 e. The number of hydrogen-bond acceptors (Lipinski definition) is 2. The molecule has 0 aromatic heterocycles. The van der Waals surface area contributed by atoms with Gasteiger partial charge >= 0.3 is 5.97 Å². The number of benzene rings is 3. The molecule has 1 N–H and O–H groups in total. The van der Waals surface area contributed by atoms with Gasteiger partial charge in [-0.05, 0) is 70.8 Å². The molecular weight excluding hydrogens is 389 g/mol. The molecule has 1 fully saturated rings. The van der Waals surface area contributed by atoms with Gasteiger partial charge in [0.1, 0.15) is 5.82 Å². The van der Waals surface area contributed by atoms with Crippen molar-refractivity contribution in [3.8, 4) is 11.1 Å². The van der Waals surface area contributed by atoms with Crippen molar-refractivity contribution in [3.63, 3.8) is 0 Å². The molecule has 0 aliphatic carbocycles. The molecule has 0 spiro atoms. The fourth-order valence-corrected chi connectivity index (χ4v) is 4.60. The maximum atomic E-state index is 13.1. The fourth-order valence-electron chi connectivity index (χ4n) is 4.60. The summed E-state index contributed by atoms with van der Waals surface area (Å²) < 4.78 is 13.1. The number of nitrogens with zero attached hydrogens (tertiary/aromatic N) is 1. The van der Waals surface area contributed by atoms with Crippen molar-refractivity contribution in [2.45, 2.75) is 32.2 Å². The molecule has 0 saturated carbocycles. The molecule has 3 nitrogen and oxygen atoms in total. The molecule has 3 aromatic carbocycles. The second-order valence-electron chi connectivity index (χ2n) is 8.89. The number of piperidine rings is 1. The Balaban J connectivity index is 1.42. The van der Waals surface area contributed by atoms with E-state index in [9.17, 15) is 14.3 Å². The molecular formula is C27H28FNO2. The molecule has 4 heteroatoms. The third-order valence-corrected chi connectivity index (χ3v) is 6.87. The van der Waals surface area contributed by atoms with Gasteiger partial charge in [0.15, 0.2) is 0 Å². The predicted molar refractivity (Wildman–Crippen MR) is 122 cm³/mol. The number of carboxylic acids is 1. The predicted octanol–water partition coefficient (Wildman–Crippen LogP) is 5.99. The van der Waals surface area contributed by atoms with Crippen LogP contribution in [0.4, 0.5) is 4.39 Å². The van der Waals surface area contributed by atoms with Crippen LogP contribution < -0.4 is 0 Å². The van der Waals surface area contributed by atoms with Gasteiger partial charge in [0.25, 0.3) is 0 Å². The molecule has 2 atom stereocenters. The molecule has 4 rings (SSSR count). The van der Waals surface area contributed by atoms with E-state index in [1.165, 1.54) is 17.7 Å². The van der Waals surface area contributed by atoms with Crippen LogP contribution in [0.25, 0.3) is 11.1 Å². The summed E-state index contributed by atoms with van der Waals surface area (Å²) in [4.78, 5) is 13.9. The zero-order chi connectivity index (χ0) is 22.0. The average Bonchev–Trinajstić information content (AvgIpc) is 2.77. The second-order valence-corrected chi connectivity index (χ2v) is 8.89. The smallest absolute Gasteiger partial charge is 0.335 e. The van der Waals surface area contributed by atoms with Crippen molar-refractivity contribution < 1.29 is 14.3 Å². The summed E-state index contributed by atoms with van der Waals surface area (Å²) in [5, 5.41) is 9.34. The molecule has 1 saturated heterocycles. The standard InChI is InChI=1S/C27H28FNO2/c1-19-17-29(15-14-27(19,2)24-5-3-4-23(16-24)26(30)31)18-20-6-8-21(9-7-20)22-10-12-25(28)13-11-22/h3-13,16,19H,14-15,17-18H2,1-2H3,(H,30,31). The van der Waals surface area contributed by atoms with Crippen LogP contribution in [0.5, 0.6) is 0 Å². The van der Waals surface area contributed by atoms with E-state index in [0.29, 0.717) is 11.5 Å². The van der Waals surface area contributed by atoms with E-state index in [0.717, 1.165) is 42.7 Å². The molecule has 160 valence electrons. The Morgan fingerprint density at radius 3 is 2.32 bits per heavy atom. The van der Waals surface area contributed by atoms with E-state index < -0.39 is 5.97 Å². The first kappa shape index (κ1) is 21.3. The molecule has 2 unspecified atom stereocenters. The van der Waals surface area contributed by atoms with E-state index >= 15 is 0 Å². The third-order valence-electron chi connectivity index (χ3n) is 6.87. The van der Waals surface area contributed by atoms with Gasteiger partial charge in [-0.1, -0.05) is 62.4 Å². The summed E-state index contributed by atoms with van der Waals surface area (Å²) in [6, 6.07) is 22.5. The average molecular weight is 418 g/mol. The number of halogens is 1. The van der Waals surface area contributed by atoms with Crippen LogP contribution in [0, 0.1) is 11.7 Å². The molecule has 31 heavy (non-hydrogen) atoms. The number of aromatic carboxylic acids is 1. The van der Waals surface area contributed by atoms with Crippen molar-refractivity contribution in [2.75, 3.05) is 13.1 Å². The zero-order valence-electron chi connectivity index (χ0n) is 18.0. The van der Waals surface area contributed by atoms with Crippen molar-refractivity contribution >= 4 is 5.97 Å². The number of hydrogen-bond donors (Lipinski definition) is 1. The summed E-state index contributed by atoms with van der Waals surface area (Å²) in [6.45, 7) is 7.34. The quantitative estimate of drug-likeness (QED) is 0.554. The van der Waals surface area contributed by atoms with Gasteiger partial charge < -0.3 is 5.11 Å². The fraction of sp³-hybridized carbons (Fsp3) is 0.296.